The van der Waals surface area contributed by atoms with E-state index in [2.05, 4.69) is 37.8 Å². The number of piperidine rings is 3. The van der Waals surface area contributed by atoms with Gasteiger partial charge >= 0.3 is 5.92 Å². The first-order chi connectivity index (χ1) is 30.8. The van der Waals surface area contributed by atoms with Crippen LogP contribution in [-0.4, -0.2) is 92.3 Å². The lowest BCUT2D eigenvalue weighted by atomic mass is 9.84. The van der Waals surface area contributed by atoms with Gasteiger partial charge in [0.2, 0.25) is 23.5 Å². The van der Waals surface area contributed by atoms with Crippen LogP contribution in [0.3, 0.4) is 0 Å². The summed E-state index contributed by atoms with van der Waals surface area (Å²) in [6.07, 6.45) is 7.25. The molecule has 64 heavy (non-hydrogen) atoms. The van der Waals surface area contributed by atoms with Gasteiger partial charge in [0.1, 0.15) is 11.6 Å². The zero-order chi connectivity index (χ0) is 44.6. The van der Waals surface area contributed by atoms with Crippen molar-refractivity contribution in [3.05, 3.63) is 69.5 Å². The number of halogens is 3. The van der Waals surface area contributed by atoms with Gasteiger partial charge < -0.3 is 29.7 Å². The highest BCUT2D eigenvalue weighted by atomic mass is 19.3. The molecular weight excluding hydrogens is 826 g/mol. The van der Waals surface area contributed by atoms with Crippen molar-refractivity contribution in [3.8, 4) is 5.75 Å². The van der Waals surface area contributed by atoms with E-state index in [1.807, 2.05) is 44.4 Å². The largest absolute Gasteiger partial charge is 0.480 e. The molecule has 338 valence electrons. The van der Waals surface area contributed by atoms with Crippen LogP contribution >= 0.6 is 0 Å². The molecule has 10 rings (SSSR count). The minimum absolute atomic E-state index is 0.0801. The average Bonchev–Trinajstić information content (AvgIpc) is 4.08. The van der Waals surface area contributed by atoms with Crippen LogP contribution in [-0.2, 0) is 30.1 Å². The number of ether oxygens (including phenoxy) is 1. The fourth-order valence-corrected chi connectivity index (χ4v) is 10.6. The van der Waals surface area contributed by atoms with Gasteiger partial charge in [-0.25, -0.2) is 18.2 Å². The zero-order valence-electron chi connectivity index (χ0n) is 36.7. The van der Waals surface area contributed by atoms with E-state index in [-0.39, 0.29) is 41.6 Å². The third kappa shape index (κ3) is 7.72. The molecule has 1 saturated carbocycles. The maximum Gasteiger partial charge on any atom is 0.301 e. The number of benzene rings is 2. The quantitative estimate of drug-likeness (QED) is 0.135. The number of fused-ring (bicyclic) bond motifs is 4. The van der Waals surface area contributed by atoms with Crippen molar-refractivity contribution in [3.63, 3.8) is 0 Å². The second kappa shape index (κ2) is 16.4. The number of imide groups is 1. The Labute approximate surface area is 368 Å². The van der Waals surface area contributed by atoms with Crippen molar-refractivity contribution < 1.29 is 27.5 Å². The molecule has 4 fully saturated rings. The number of hydrogen-bond acceptors (Lipinski definition) is 11. The Morgan fingerprint density at radius 1 is 0.969 bits per heavy atom. The third-order valence-corrected chi connectivity index (χ3v) is 14.6. The third-order valence-electron chi connectivity index (χ3n) is 14.6. The maximum absolute atomic E-state index is 15.8. The number of pyridine rings is 1. The number of amides is 2. The van der Waals surface area contributed by atoms with E-state index in [0.717, 1.165) is 63.1 Å². The van der Waals surface area contributed by atoms with Gasteiger partial charge in [-0.15, -0.1) is 0 Å². The Bertz CT molecular complexity index is 2730. The van der Waals surface area contributed by atoms with Crippen LogP contribution in [0.5, 0.6) is 5.75 Å². The van der Waals surface area contributed by atoms with Crippen molar-refractivity contribution in [2.45, 2.75) is 89.0 Å². The molecule has 2 aromatic carbocycles. The summed E-state index contributed by atoms with van der Waals surface area (Å²) in [6, 6.07) is 7.87. The van der Waals surface area contributed by atoms with Crippen LogP contribution in [0.4, 0.5) is 36.3 Å². The molecule has 5 aromatic rings. The standard InChI is InChI=1S/C47H55F3N10O4/c1-5-26-21-51-46(55-43(26)52-30-8-10-36-33(18-30)40-41(45(63)57(36)3)64-24-47(49,50)42(54-40)28-6-7-28)60-17-14-29(25(2)22-60)23-59-15-12-27(13-16-59)32-20-37-34(19-35(32)48)39(56-58(37)4)31-9-11-38(61)53-44(31)62/h8,10,18-21,25,27-29,31,42,54H,5-7,9,11-17,22-24H2,1-4H3,(H,51,52,55)(H,53,61,62)/t25-,29+,31?,42-/m0/s1. The molecule has 2 amide bonds. The van der Waals surface area contributed by atoms with Crippen LogP contribution in [0.2, 0.25) is 0 Å². The van der Waals surface area contributed by atoms with Gasteiger partial charge in [-0.3, -0.25) is 24.4 Å². The Morgan fingerprint density at radius 2 is 1.77 bits per heavy atom. The fourth-order valence-electron chi connectivity index (χ4n) is 10.6. The number of nitrogens with zero attached hydrogens (tertiary/aromatic N) is 7. The highest BCUT2D eigenvalue weighted by Gasteiger charge is 2.51. The lowest BCUT2D eigenvalue weighted by Crippen LogP contribution is -2.45. The molecule has 0 spiro atoms. The molecule has 3 aromatic heterocycles. The molecule has 1 aliphatic carbocycles. The Balaban J connectivity index is 0.793. The van der Waals surface area contributed by atoms with Gasteiger partial charge in [-0.05, 0) is 118 Å². The fraction of sp³-hybridized carbons (Fsp3) is 0.532. The molecule has 5 aliphatic rings. The summed E-state index contributed by atoms with van der Waals surface area (Å²) in [5, 5.41) is 14.8. The monoisotopic (exact) mass is 880 g/mol. The second-order valence-corrected chi connectivity index (χ2v) is 18.8. The van der Waals surface area contributed by atoms with Gasteiger partial charge in [0.05, 0.1) is 34.4 Å². The van der Waals surface area contributed by atoms with E-state index in [4.69, 9.17) is 14.7 Å². The second-order valence-electron chi connectivity index (χ2n) is 18.8. The molecule has 17 heteroatoms. The number of rotatable bonds is 9. The van der Waals surface area contributed by atoms with E-state index in [1.165, 1.54) is 10.6 Å². The van der Waals surface area contributed by atoms with E-state index in [9.17, 15) is 14.4 Å². The van der Waals surface area contributed by atoms with E-state index >= 15 is 13.2 Å². The molecule has 7 heterocycles. The SMILES string of the molecule is CCc1cnc(N2CC[C@H](CN3CCC(c4cc5c(cc4F)c(C4CCC(=O)NC4=O)nn5C)CC3)[C@@H](C)C2)nc1Nc1ccc2c(c1)c1c(c(=O)n2C)OCC(F)(F)[C@H](C2CC2)N1. The lowest BCUT2D eigenvalue weighted by molar-refractivity contribution is -0.134. The normalized spacial score (nSPS) is 24.3. The van der Waals surface area contributed by atoms with Gasteiger partial charge in [0.15, 0.2) is 6.61 Å². The number of hydrogen-bond donors (Lipinski definition) is 3. The van der Waals surface area contributed by atoms with Gasteiger partial charge in [0.25, 0.3) is 5.56 Å². The predicted molar refractivity (Wildman–Crippen MR) is 238 cm³/mol. The summed E-state index contributed by atoms with van der Waals surface area (Å²) in [6.45, 7) is 7.83. The Hall–Kier alpha value is -5.71. The average molecular weight is 881 g/mol. The van der Waals surface area contributed by atoms with Crippen molar-refractivity contribution in [1.82, 2.24) is 34.5 Å². The highest BCUT2D eigenvalue weighted by Crippen LogP contribution is 2.46. The molecule has 1 unspecified atom stereocenters. The molecule has 14 nitrogen and oxygen atoms in total. The van der Waals surface area contributed by atoms with Crippen molar-refractivity contribution in [2.24, 2.45) is 31.8 Å². The molecule has 0 bridgehead atoms. The zero-order valence-corrected chi connectivity index (χ0v) is 36.7. The van der Waals surface area contributed by atoms with Crippen LogP contribution in [0.1, 0.15) is 87.4 Å². The summed E-state index contributed by atoms with van der Waals surface area (Å²) in [5.41, 5.74) is 4.07. The number of likely N-dealkylation sites (tertiary alicyclic amines) is 1. The Kier molecular flexibility index (Phi) is 10.8. The first-order valence-corrected chi connectivity index (χ1v) is 22.8. The van der Waals surface area contributed by atoms with Gasteiger partial charge in [0, 0.05) is 68.4 Å². The topological polar surface area (TPSA) is 152 Å². The molecule has 3 N–H and O–H groups in total. The van der Waals surface area contributed by atoms with Crippen molar-refractivity contribution in [2.75, 3.05) is 54.9 Å². The van der Waals surface area contributed by atoms with E-state index in [1.54, 1.807) is 11.7 Å². The molecule has 3 saturated heterocycles. The summed E-state index contributed by atoms with van der Waals surface area (Å²) in [5.74, 6) is -2.67. The summed E-state index contributed by atoms with van der Waals surface area (Å²) >= 11 is 0. The van der Waals surface area contributed by atoms with Crippen molar-refractivity contribution in [1.29, 1.82) is 0 Å². The minimum Gasteiger partial charge on any atom is -0.480 e. The number of carbonyl (C=O) groups excluding carboxylic acids is 2. The number of nitrogens with one attached hydrogen (secondary N) is 3. The number of anilines is 4. The van der Waals surface area contributed by atoms with E-state index < -0.39 is 30.0 Å². The summed E-state index contributed by atoms with van der Waals surface area (Å²) < 4.78 is 55.0. The molecule has 4 atom stereocenters. The lowest BCUT2D eigenvalue weighted by Gasteiger charge is -2.41. The van der Waals surface area contributed by atoms with Crippen LogP contribution in [0, 0.1) is 23.6 Å². The summed E-state index contributed by atoms with van der Waals surface area (Å²) in [4.78, 5) is 52.3. The Morgan fingerprint density at radius 3 is 2.50 bits per heavy atom. The van der Waals surface area contributed by atoms with Crippen LogP contribution in [0.15, 0.2) is 41.3 Å². The summed E-state index contributed by atoms with van der Waals surface area (Å²) in [7, 11) is 3.44. The maximum atomic E-state index is 15.8. The van der Waals surface area contributed by atoms with Crippen LogP contribution in [0.25, 0.3) is 21.8 Å². The van der Waals surface area contributed by atoms with Crippen LogP contribution < -0.4 is 31.1 Å². The molecule has 0 radical (unpaired) electrons. The number of aromatic nitrogens is 5. The van der Waals surface area contributed by atoms with Gasteiger partial charge in [-0.2, -0.15) is 10.1 Å². The highest BCUT2D eigenvalue weighted by molar-refractivity contribution is 6.02. The molecular formula is C47H55F3N10O4. The van der Waals surface area contributed by atoms with Crippen molar-refractivity contribution >= 4 is 56.8 Å². The first kappa shape index (κ1) is 42.3. The first-order valence-electron chi connectivity index (χ1n) is 22.8. The molecule has 4 aliphatic heterocycles. The number of aryl methyl sites for hydroxylation is 3. The van der Waals surface area contributed by atoms with Gasteiger partial charge in [-0.1, -0.05) is 13.8 Å². The predicted octanol–water partition coefficient (Wildman–Crippen LogP) is 6.74. The van der Waals surface area contributed by atoms with E-state index in [0.29, 0.717) is 88.2 Å². The smallest absolute Gasteiger partial charge is 0.301 e. The minimum atomic E-state index is -3.12. The number of carbonyl (C=O) groups is 2. The number of alkyl halides is 2.